The monoisotopic (exact) mass is 260 g/mol. The maximum atomic E-state index is 6.18. The Balaban J connectivity index is 1.96. The summed E-state index contributed by atoms with van der Waals surface area (Å²) in [4.78, 5) is 2.31. The van der Waals surface area contributed by atoms with Gasteiger partial charge in [0.25, 0.3) is 0 Å². The van der Waals surface area contributed by atoms with Crippen LogP contribution in [0.5, 0.6) is 0 Å². The molecule has 1 aliphatic rings. The number of aromatic nitrogens is 2. The Kier molecular flexibility index (Phi) is 2.86. The van der Waals surface area contributed by atoms with Gasteiger partial charge in [-0.3, -0.25) is 5.10 Å². The number of nitrogens with two attached hydrogens (primary N) is 1. The number of nitrogens with zero attached hydrogens (tertiary/aromatic N) is 2. The molecule has 5 nitrogen and oxygen atoms in total. The summed E-state index contributed by atoms with van der Waals surface area (Å²) in [7, 11) is 1.78. The van der Waals surface area contributed by atoms with Crippen molar-refractivity contribution in [2.24, 2.45) is 0 Å². The van der Waals surface area contributed by atoms with Gasteiger partial charge in [-0.2, -0.15) is 5.10 Å². The Morgan fingerprint density at radius 2 is 2.32 bits per heavy atom. The first kappa shape index (κ1) is 12.3. The van der Waals surface area contributed by atoms with E-state index in [-0.39, 0.29) is 5.60 Å². The van der Waals surface area contributed by atoms with Crippen LogP contribution < -0.4 is 10.6 Å². The molecular formula is C14H20N4O. The molecule has 0 spiro atoms. The van der Waals surface area contributed by atoms with Crippen molar-refractivity contribution in [3.63, 3.8) is 0 Å². The van der Waals surface area contributed by atoms with Crippen molar-refractivity contribution in [3.05, 3.63) is 18.3 Å². The number of methoxy groups -OCH3 is 1. The number of fused-ring (bicyclic) bond motifs is 1. The summed E-state index contributed by atoms with van der Waals surface area (Å²) in [5, 5.41) is 8.10. The second-order valence-electron chi connectivity index (χ2n) is 5.55. The van der Waals surface area contributed by atoms with Crippen LogP contribution in [-0.4, -0.2) is 36.0 Å². The highest BCUT2D eigenvalue weighted by Gasteiger charge is 2.31. The number of anilines is 2. The molecule has 1 unspecified atom stereocenters. The van der Waals surface area contributed by atoms with Gasteiger partial charge < -0.3 is 15.4 Å². The third kappa shape index (κ3) is 2.14. The first-order valence-electron chi connectivity index (χ1n) is 6.64. The second-order valence-corrected chi connectivity index (χ2v) is 5.55. The Labute approximate surface area is 112 Å². The molecule has 19 heavy (non-hydrogen) atoms. The number of nitrogens with one attached hydrogen (secondary N) is 1. The predicted molar refractivity (Wildman–Crippen MR) is 77.4 cm³/mol. The fraction of sp³-hybridized carbons (Fsp3) is 0.500. The van der Waals surface area contributed by atoms with Crippen LogP contribution >= 0.6 is 0 Å². The average Bonchev–Trinajstić information content (AvgIpc) is 2.85. The molecule has 0 bridgehead atoms. The van der Waals surface area contributed by atoms with E-state index in [0.717, 1.165) is 48.2 Å². The zero-order valence-corrected chi connectivity index (χ0v) is 11.4. The lowest BCUT2D eigenvalue weighted by molar-refractivity contribution is -0.00461. The Morgan fingerprint density at radius 3 is 3.11 bits per heavy atom. The molecule has 5 heteroatoms. The van der Waals surface area contributed by atoms with Gasteiger partial charge in [0.2, 0.25) is 0 Å². The van der Waals surface area contributed by atoms with Crippen molar-refractivity contribution in [2.45, 2.75) is 25.4 Å². The number of benzene rings is 1. The van der Waals surface area contributed by atoms with Crippen LogP contribution in [-0.2, 0) is 4.74 Å². The van der Waals surface area contributed by atoms with Crippen LogP contribution in [0.25, 0.3) is 10.9 Å². The van der Waals surface area contributed by atoms with E-state index < -0.39 is 0 Å². The molecule has 2 heterocycles. The van der Waals surface area contributed by atoms with Gasteiger partial charge in [-0.25, -0.2) is 0 Å². The van der Waals surface area contributed by atoms with Gasteiger partial charge in [0.1, 0.15) is 0 Å². The molecule has 0 saturated carbocycles. The number of hydrogen-bond donors (Lipinski definition) is 2. The summed E-state index contributed by atoms with van der Waals surface area (Å²) in [6.07, 6.45) is 4.00. The Bertz CT molecular complexity index is 594. The van der Waals surface area contributed by atoms with Crippen molar-refractivity contribution < 1.29 is 4.74 Å². The minimum atomic E-state index is -0.0897. The number of nitrogen functional groups attached to an aromatic ring is 1. The lowest BCUT2D eigenvalue weighted by atomic mass is 9.94. The summed E-state index contributed by atoms with van der Waals surface area (Å²) in [6, 6.07) is 4.06. The maximum Gasteiger partial charge on any atom is 0.0825 e. The van der Waals surface area contributed by atoms with Crippen molar-refractivity contribution in [2.75, 3.05) is 30.8 Å². The number of rotatable bonds is 2. The third-order valence-corrected chi connectivity index (χ3v) is 4.08. The smallest absolute Gasteiger partial charge is 0.0825 e. The van der Waals surface area contributed by atoms with E-state index in [1.165, 1.54) is 0 Å². The van der Waals surface area contributed by atoms with E-state index in [1.54, 1.807) is 13.3 Å². The van der Waals surface area contributed by atoms with E-state index in [0.29, 0.717) is 0 Å². The highest BCUT2D eigenvalue weighted by atomic mass is 16.5. The van der Waals surface area contributed by atoms with E-state index in [9.17, 15) is 0 Å². The normalized spacial score (nSPS) is 24.0. The van der Waals surface area contributed by atoms with Gasteiger partial charge in [0.15, 0.2) is 0 Å². The highest BCUT2D eigenvalue weighted by Crippen LogP contribution is 2.33. The molecule has 1 atom stereocenters. The summed E-state index contributed by atoms with van der Waals surface area (Å²) in [5.74, 6) is 0. The molecule has 1 aliphatic heterocycles. The van der Waals surface area contributed by atoms with Crippen LogP contribution in [0.4, 0.5) is 11.4 Å². The molecule has 0 aliphatic carbocycles. The van der Waals surface area contributed by atoms with Crippen molar-refractivity contribution >= 4 is 22.3 Å². The van der Waals surface area contributed by atoms with E-state index in [1.807, 2.05) is 6.07 Å². The Hall–Kier alpha value is -1.75. The molecule has 2 aromatic rings. The average molecular weight is 260 g/mol. The van der Waals surface area contributed by atoms with Crippen LogP contribution in [0, 0.1) is 0 Å². The molecule has 1 aromatic carbocycles. The van der Waals surface area contributed by atoms with Crippen molar-refractivity contribution in [1.29, 1.82) is 0 Å². The first-order chi connectivity index (χ1) is 9.11. The van der Waals surface area contributed by atoms with Gasteiger partial charge >= 0.3 is 0 Å². The van der Waals surface area contributed by atoms with Crippen LogP contribution in [0.3, 0.4) is 0 Å². The van der Waals surface area contributed by atoms with Crippen LogP contribution in [0.2, 0.25) is 0 Å². The quantitative estimate of drug-likeness (QED) is 0.812. The van der Waals surface area contributed by atoms with Gasteiger partial charge in [-0.05, 0) is 31.9 Å². The second kappa shape index (κ2) is 4.42. The standard InChI is InChI=1S/C14H20N4O/c1-14(19-2)4-3-5-18(9-14)13-7-12-10(6-11(13)15)8-16-17-12/h6-8H,3-5,9,15H2,1-2H3,(H,16,17). The summed E-state index contributed by atoms with van der Waals surface area (Å²) >= 11 is 0. The summed E-state index contributed by atoms with van der Waals surface area (Å²) in [5.41, 5.74) is 8.98. The number of aromatic amines is 1. The fourth-order valence-electron chi connectivity index (χ4n) is 2.85. The number of hydrogen-bond acceptors (Lipinski definition) is 4. The molecule has 1 fully saturated rings. The topological polar surface area (TPSA) is 67.2 Å². The van der Waals surface area contributed by atoms with E-state index in [2.05, 4.69) is 28.1 Å². The van der Waals surface area contributed by atoms with Crippen LogP contribution in [0.15, 0.2) is 18.3 Å². The van der Waals surface area contributed by atoms with E-state index in [4.69, 9.17) is 10.5 Å². The zero-order valence-electron chi connectivity index (χ0n) is 11.4. The third-order valence-electron chi connectivity index (χ3n) is 4.08. The van der Waals surface area contributed by atoms with Gasteiger partial charge in [0, 0.05) is 25.6 Å². The van der Waals surface area contributed by atoms with Gasteiger partial charge in [-0.15, -0.1) is 0 Å². The van der Waals surface area contributed by atoms with Gasteiger partial charge in [0.05, 0.1) is 28.7 Å². The maximum absolute atomic E-state index is 6.18. The minimum absolute atomic E-state index is 0.0897. The largest absolute Gasteiger partial charge is 0.397 e. The number of piperidine rings is 1. The lowest BCUT2D eigenvalue weighted by Gasteiger charge is -2.41. The molecule has 3 N–H and O–H groups in total. The Morgan fingerprint density at radius 1 is 1.47 bits per heavy atom. The number of H-pyrrole nitrogens is 1. The van der Waals surface area contributed by atoms with Crippen molar-refractivity contribution in [3.8, 4) is 0 Å². The summed E-state index contributed by atoms with van der Waals surface area (Å²) < 4.78 is 5.64. The summed E-state index contributed by atoms with van der Waals surface area (Å²) in [6.45, 7) is 4.04. The fourth-order valence-corrected chi connectivity index (χ4v) is 2.85. The molecule has 3 rings (SSSR count). The molecule has 1 aromatic heterocycles. The first-order valence-corrected chi connectivity index (χ1v) is 6.64. The van der Waals surface area contributed by atoms with Gasteiger partial charge in [-0.1, -0.05) is 0 Å². The molecule has 102 valence electrons. The molecule has 1 saturated heterocycles. The molecular weight excluding hydrogens is 240 g/mol. The number of ether oxygens (including phenoxy) is 1. The molecule has 0 amide bonds. The predicted octanol–water partition coefficient (Wildman–Crippen LogP) is 2.15. The minimum Gasteiger partial charge on any atom is -0.397 e. The van der Waals surface area contributed by atoms with E-state index >= 15 is 0 Å². The lowest BCUT2D eigenvalue weighted by Crippen LogP contribution is -2.47. The zero-order chi connectivity index (χ0) is 13.5. The SMILES string of the molecule is COC1(C)CCCN(c2cc3[nH]ncc3cc2N)C1. The highest BCUT2D eigenvalue weighted by molar-refractivity contribution is 5.89. The van der Waals surface area contributed by atoms with Crippen LogP contribution in [0.1, 0.15) is 19.8 Å². The molecule has 0 radical (unpaired) electrons. The van der Waals surface area contributed by atoms with Crippen molar-refractivity contribution in [1.82, 2.24) is 10.2 Å².